The van der Waals surface area contributed by atoms with E-state index in [1.807, 2.05) is 0 Å². The Morgan fingerprint density at radius 1 is 1.25 bits per heavy atom. The van der Waals surface area contributed by atoms with Crippen LogP contribution in [-0.2, 0) is 4.79 Å². The molecule has 1 N–H and O–H groups in total. The van der Waals surface area contributed by atoms with E-state index < -0.39 is 21.8 Å². The molecule has 11 heteroatoms. The van der Waals surface area contributed by atoms with Crippen molar-refractivity contribution in [2.75, 3.05) is 12.4 Å². The van der Waals surface area contributed by atoms with Crippen molar-refractivity contribution in [2.24, 2.45) is 0 Å². The molecule has 0 bridgehead atoms. The molecular formula is C13H13N5O6. The molecule has 0 aliphatic heterocycles. The number of nitro groups is 2. The van der Waals surface area contributed by atoms with Crippen LogP contribution in [0.15, 0.2) is 30.5 Å². The maximum Gasteiger partial charge on any atom is 0.350 e. The van der Waals surface area contributed by atoms with Crippen molar-refractivity contribution < 1.29 is 19.4 Å². The third kappa shape index (κ3) is 3.29. The van der Waals surface area contributed by atoms with E-state index in [1.165, 1.54) is 38.3 Å². The van der Waals surface area contributed by atoms with E-state index >= 15 is 0 Å². The Labute approximate surface area is 135 Å². The fraction of sp³-hybridized carbons (Fsp3) is 0.231. The molecule has 0 spiro atoms. The Morgan fingerprint density at radius 3 is 2.42 bits per heavy atom. The van der Waals surface area contributed by atoms with Crippen LogP contribution in [0.25, 0.3) is 0 Å². The van der Waals surface area contributed by atoms with Crippen molar-refractivity contribution >= 4 is 23.0 Å². The summed E-state index contributed by atoms with van der Waals surface area (Å²) < 4.78 is 5.85. The van der Waals surface area contributed by atoms with Gasteiger partial charge < -0.3 is 10.1 Å². The van der Waals surface area contributed by atoms with Gasteiger partial charge in [-0.25, -0.2) is 4.68 Å². The van der Waals surface area contributed by atoms with E-state index in [0.29, 0.717) is 0 Å². The van der Waals surface area contributed by atoms with Crippen LogP contribution < -0.4 is 10.1 Å². The van der Waals surface area contributed by atoms with Crippen LogP contribution in [0.4, 0.5) is 17.1 Å². The number of para-hydroxylation sites is 2. The SMILES string of the molecule is COc1nn(C(C)C(=O)Nc2ccccc2[N+](=O)[O-])cc1[N+](=O)[O-]. The van der Waals surface area contributed by atoms with Crippen LogP contribution >= 0.6 is 0 Å². The van der Waals surface area contributed by atoms with Gasteiger partial charge in [-0.05, 0) is 13.0 Å². The first-order chi connectivity index (χ1) is 11.3. The van der Waals surface area contributed by atoms with E-state index in [9.17, 15) is 25.0 Å². The molecule has 1 aromatic carbocycles. The molecule has 1 heterocycles. The van der Waals surface area contributed by atoms with E-state index in [4.69, 9.17) is 4.74 Å². The summed E-state index contributed by atoms with van der Waals surface area (Å²) in [5.74, 6) is -0.852. The van der Waals surface area contributed by atoms with E-state index in [1.54, 1.807) is 0 Å². The lowest BCUT2D eigenvalue weighted by molar-refractivity contribution is -0.385. The quantitative estimate of drug-likeness (QED) is 0.627. The molecule has 126 valence electrons. The number of methoxy groups -OCH3 is 1. The molecule has 0 aliphatic carbocycles. The standard InChI is InChI=1S/C13H13N5O6/c1-8(16-7-11(18(22)23)13(15-16)24-2)12(19)14-9-5-3-4-6-10(9)17(20)21/h3-8H,1-2H3,(H,14,19). The molecular weight excluding hydrogens is 322 g/mol. The summed E-state index contributed by atoms with van der Waals surface area (Å²) in [5, 5.41) is 28.1. The molecule has 0 saturated heterocycles. The molecule has 1 amide bonds. The lowest BCUT2D eigenvalue weighted by Crippen LogP contribution is -2.24. The predicted octanol–water partition coefficient (Wildman–Crippen LogP) is 1.91. The van der Waals surface area contributed by atoms with Gasteiger partial charge in [0.25, 0.3) is 5.69 Å². The van der Waals surface area contributed by atoms with Crippen LogP contribution in [0.1, 0.15) is 13.0 Å². The lowest BCUT2D eigenvalue weighted by Gasteiger charge is -2.12. The second-order valence-corrected chi connectivity index (χ2v) is 4.70. The number of hydrogen-bond acceptors (Lipinski definition) is 7. The van der Waals surface area contributed by atoms with Gasteiger partial charge in [-0.3, -0.25) is 25.0 Å². The highest BCUT2D eigenvalue weighted by atomic mass is 16.6. The number of hydrogen-bond donors (Lipinski definition) is 1. The van der Waals surface area contributed by atoms with Gasteiger partial charge in [0.15, 0.2) is 0 Å². The molecule has 2 rings (SSSR count). The largest absolute Gasteiger partial charge is 0.475 e. The van der Waals surface area contributed by atoms with E-state index in [2.05, 4.69) is 10.4 Å². The van der Waals surface area contributed by atoms with Gasteiger partial charge in [0, 0.05) is 6.07 Å². The van der Waals surface area contributed by atoms with Gasteiger partial charge in [-0.15, -0.1) is 5.10 Å². The molecule has 0 aliphatic rings. The smallest absolute Gasteiger partial charge is 0.350 e. The average molecular weight is 335 g/mol. The number of carbonyl (C=O) groups excluding carboxylic acids is 1. The van der Waals surface area contributed by atoms with Gasteiger partial charge >= 0.3 is 11.6 Å². The zero-order valence-electron chi connectivity index (χ0n) is 12.7. The minimum Gasteiger partial charge on any atom is -0.475 e. The maximum absolute atomic E-state index is 12.3. The monoisotopic (exact) mass is 335 g/mol. The normalized spacial score (nSPS) is 11.6. The average Bonchev–Trinajstić information content (AvgIpc) is 2.99. The fourth-order valence-electron chi connectivity index (χ4n) is 1.93. The highest BCUT2D eigenvalue weighted by Crippen LogP contribution is 2.27. The number of aromatic nitrogens is 2. The third-order valence-corrected chi connectivity index (χ3v) is 3.20. The Kier molecular flexibility index (Phi) is 4.73. The van der Waals surface area contributed by atoms with Gasteiger partial charge in [0.05, 0.1) is 17.0 Å². The summed E-state index contributed by atoms with van der Waals surface area (Å²) in [6.45, 7) is 1.44. The number of ether oxygens (including phenoxy) is 1. The van der Waals surface area contributed by atoms with Gasteiger partial charge in [0.1, 0.15) is 17.9 Å². The second kappa shape index (κ2) is 6.73. The first kappa shape index (κ1) is 16.9. The van der Waals surface area contributed by atoms with Crippen LogP contribution in [0.3, 0.4) is 0 Å². The first-order valence-electron chi connectivity index (χ1n) is 6.67. The van der Waals surface area contributed by atoms with Crippen molar-refractivity contribution in [1.82, 2.24) is 9.78 Å². The summed E-state index contributed by atoms with van der Waals surface area (Å²) in [6, 6.07) is 4.69. The Morgan fingerprint density at radius 2 is 1.88 bits per heavy atom. The predicted molar refractivity (Wildman–Crippen MR) is 81.9 cm³/mol. The molecule has 0 fully saturated rings. The van der Waals surface area contributed by atoms with Crippen molar-refractivity contribution in [1.29, 1.82) is 0 Å². The van der Waals surface area contributed by atoms with Gasteiger partial charge in [0.2, 0.25) is 5.91 Å². The van der Waals surface area contributed by atoms with Crippen LogP contribution in [0.5, 0.6) is 5.88 Å². The van der Waals surface area contributed by atoms with Crippen LogP contribution in [0, 0.1) is 20.2 Å². The van der Waals surface area contributed by atoms with Crippen LogP contribution in [-0.4, -0.2) is 32.6 Å². The maximum atomic E-state index is 12.3. The number of nitro benzene ring substituents is 1. The Bertz CT molecular complexity index is 802. The number of carbonyl (C=O) groups is 1. The van der Waals surface area contributed by atoms with Gasteiger partial charge in [-0.1, -0.05) is 12.1 Å². The van der Waals surface area contributed by atoms with Crippen molar-refractivity contribution in [2.45, 2.75) is 13.0 Å². The zero-order valence-corrected chi connectivity index (χ0v) is 12.7. The molecule has 24 heavy (non-hydrogen) atoms. The number of amides is 1. The summed E-state index contributed by atoms with van der Waals surface area (Å²) in [5.41, 5.74) is -0.627. The van der Waals surface area contributed by atoms with Crippen molar-refractivity contribution in [3.05, 3.63) is 50.7 Å². The van der Waals surface area contributed by atoms with Crippen molar-refractivity contribution in [3.63, 3.8) is 0 Å². The number of rotatable bonds is 6. The molecule has 0 saturated carbocycles. The molecule has 1 aromatic heterocycles. The third-order valence-electron chi connectivity index (χ3n) is 3.20. The summed E-state index contributed by atoms with van der Waals surface area (Å²) in [4.78, 5) is 32.8. The zero-order chi connectivity index (χ0) is 17.9. The number of nitrogens with one attached hydrogen (secondary N) is 1. The summed E-state index contributed by atoms with van der Waals surface area (Å²) in [6.07, 6.45) is 1.06. The van der Waals surface area contributed by atoms with E-state index in [0.717, 1.165) is 10.9 Å². The second-order valence-electron chi connectivity index (χ2n) is 4.70. The minimum absolute atomic E-state index is 0.0213. The number of benzene rings is 1. The Hall–Kier alpha value is -3.50. The first-order valence-corrected chi connectivity index (χ1v) is 6.67. The Balaban J connectivity index is 2.25. The fourth-order valence-corrected chi connectivity index (χ4v) is 1.93. The highest BCUT2D eigenvalue weighted by molar-refractivity contribution is 5.95. The van der Waals surface area contributed by atoms with E-state index in [-0.39, 0.29) is 22.9 Å². The van der Waals surface area contributed by atoms with Crippen molar-refractivity contribution in [3.8, 4) is 5.88 Å². The molecule has 0 radical (unpaired) electrons. The summed E-state index contributed by atoms with van der Waals surface area (Å²) >= 11 is 0. The lowest BCUT2D eigenvalue weighted by atomic mass is 10.2. The number of nitrogens with zero attached hydrogens (tertiary/aromatic N) is 4. The van der Waals surface area contributed by atoms with Gasteiger partial charge in [-0.2, -0.15) is 0 Å². The molecule has 1 unspecified atom stereocenters. The molecule has 11 nitrogen and oxygen atoms in total. The molecule has 2 aromatic rings. The minimum atomic E-state index is -0.951. The molecule has 1 atom stereocenters. The topological polar surface area (TPSA) is 142 Å². The highest BCUT2D eigenvalue weighted by Gasteiger charge is 2.26. The number of anilines is 1. The van der Waals surface area contributed by atoms with Crippen LogP contribution in [0.2, 0.25) is 0 Å². The summed E-state index contributed by atoms with van der Waals surface area (Å²) in [7, 11) is 1.22.